The highest BCUT2D eigenvalue weighted by Gasteiger charge is 2.22. The van der Waals surface area contributed by atoms with Gasteiger partial charge < -0.3 is 19.8 Å². The summed E-state index contributed by atoms with van der Waals surface area (Å²) in [5, 5.41) is 6.77. The number of furan rings is 1. The third-order valence-electron chi connectivity index (χ3n) is 4.31. The van der Waals surface area contributed by atoms with Crippen molar-refractivity contribution < 1.29 is 9.15 Å². The van der Waals surface area contributed by atoms with Gasteiger partial charge in [-0.3, -0.25) is 4.99 Å². The number of ether oxygens (including phenoxy) is 1. The Kier molecular flexibility index (Phi) is 6.12. The summed E-state index contributed by atoms with van der Waals surface area (Å²) in [6.45, 7) is 9.13. The topological polar surface area (TPSA) is 58.8 Å². The lowest BCUT2D eigenvalue weighted by Gasteiger charge is -2.27. The van der Waals surface area contributed by atoms with Gasteiger partial charge in [0.25, 0.3) is 0 Å². The summed E-state index contributed by atoms with van der Waals surface area (Å²) in [6.07, 6.45) is 0. The van der Waals surface area contributed by atoms with Crippen LogP contribution in [0.15, 0.2) is 45.8 Å². The molecule has 0 aliphatic heterocycles. The maximum Gasteiger partial charge on any atom is 0.191 e. The molecule has 2 N–H and O–H groups in total. The molecule has 2 rings (SSSR count). The fourth-order valence-electron chi connectivity index (χ4n) is 2.61. The van der Waals surface area contributed by atoms with E-state index in [0.29, 0.717) is 0 Å². The van der Waals surface area contributed by atoms with Crippen LogP contribution in [0.2, 0.25) is 0 Å². The number of hydrogen-bond acceptors (Lipinski definition) is 3. The van der Waals surface area contributed by atoms with Crippen LogP contribution >= 0.6 is 0 Å². The Morgan fingerprint density at radius 2 is 2.04 bits per heavy atom. The summed E-state index contributed by atoms with van der Waals surface area (Å²) < 4.78 is 11.0. The van der Waals surface area contributed by atoms with E-state index in [1.807, 2.05) is 31.2 Å². The minimum Gasteiger partial charge on any atom is -0.497 e. The molecule has 136 valence electrons. The van der Waals surface area contributed by atoms with Gasteiger partial charge >= 0.3 is 0 Å². The SMILES string of the molecule is CN=C(NCC(C)(C)c1cccc(OC)c1)NC(C)c1ccc(C)o1. The Labute approximate surface area is 150 Å². The molecule has 0 bridgehead atoms. The van der Waals surface area contributed by atoms with Crippen LogP contribution in [0.5, 0.6) is 5.75 Å². The van der Waals surface area contributed by atoms with Gasteiger partial charge in [0.2, 0.25) is 0 Å². The molecular formula is C20H29N3O2. The van der Waals surface area contributed by atoms with E-state index in [4.69, 9.17) is 9.15 Å². The quantitative estimate of drug-likeness (QED) is 0.619. The Hall–Kier alpha value is -2.43. The van der Waals surface area contributed by atoms with E-state index >= 15 is 0 Å². The van der Waals surface area contributed by atoms with Crippen LogP contribution < -0.4 is 15.4 Å². The molecule has 0 saturated heterocycles. The van der Waals surface area contributed by atoms with E-state index in [1.54, 1.807) is 14.2 Å². The highest BCUT2D eigenvalue weighted by atomic mass is 16.5. The molecule has 0 radical (unpaired) electrons. The summed E-state index contributed by atoms with van der Waals surface area (Å²) >= 11 is 0. The first kappa shape index (κ1) is 18.9. The molecule has 0 spiro atoms. The van der Waals surface area contributed by atoms with Gasteiger partial charge in [-0.2, -0.15) is 0 Å². The van der Waals surface area contributed by atoms with Crippen LogP contribution in [0.25, 0.3) is 0 Å². The maximum atomic E-state index is 5.67. The molecule has 1 aromatic carbocycles. The first-order valence-electron chi connectivity index (χ1n) is 8.54. The number of rotatable bonds is 6. The third-order valence-corrected chi connectivity index (χ3v) is 4.31. The summed E-state index contributed by atoms with van der Waals surface area (Å²) in [5.41, 5.74) is 1.14. The van der Waals surface area contributed by atoms with E-state index in [1.165, 1.54) is 5.56 Å². The minimum atomic E-state index is -0.0727. The highest BCUT2D eigenvalue weighted by molar-refractivity contribution is 5.80. The van der Waals surface area contributed by atoms with Gasteiger partial charge in [0.05, 0.1) is 13.2 Å². The second-order valence-corrected chi connectivity index (χ2v) is 6.86. The molecule has 0 fully saturated rings. The van der Waals surface area contributed by atoms with Crippen LogP contribution in [-0.4, -0.2) is 26.7 Å². The smallest absolute Gasteiger partial charge is 0.191 e. The first-order valence-corrected chi connectivity index (χ1v) is 8.54. The van der Waals surface area contributed by atoms with Crippen molar-refractivity contribution in [1.29, 1.82) is 0 Å². The third kappa shape index (κ3) is 5.02. The van der Waals surface area contributed by atoms with Gasteiger partial charge in [-0.1, -0.05) is 26.0 Å². The lowest BCUT2D eigenvalue weighted by molar-refractivity contribution is 0.411. The number of hydrogen-bond donors (Lipinski definition) is 2. The minimum absolute atomic E-state index is 0.0415. The van der Waals surface area contributed by atoms with Crippen molar-refractivity contribution in [3.05, 3.63) is 53.5 Å². The standard InChI is InChI=1S/C20H29N3O2/c1-14-10-11-18(25-14)15(2)23-19(21-5)22-13-20(3,4)16-8-7-9-17(12-16)24-6/h7-12,15H,13H2,1-6H3,(H2,21,22,23). The van der Waals surface area contributed by atoms with Crippen molar-refractivity contribution in [2.75, 3.05) is 20.7 Å². The van der Waals surface area contributed by atoms with Crippen molar-refractivity contribution in [2.24, 2.45) is 4.99 Å². The van der Waals surface area contributed by atoms with Gasteiger partial charge in [-0.05, 0) is 43.7 Å². The molecule has 0 aliphatic rings. The zero-order chi connectivity index (χ0) is 18.4. The van der Waals surface area contributed by atoms with E-state index < -0.39 is 0 Å². The second-order valence-electron chi connectivity index (χ2n) is 6.86. The molecule has 1 unspecified atom stereocenters. The van der Waals surface area contributed by atoms with E-state index in [2.05, 4.69) is 48.5 Å². The van der Waals surface area contributed by atoms with E-state index in [0.717, 1.165) is 29.8 Å². The fourth-order valence-corrected chi connectivity index (χ4v) is 2.61. The monoisotopic (exact) mass is 343 g/mol. The van der Waals surface area contributed by atoms with Crippen LogP contribution in [0.3, 0.4) is 0 Å². The van der Waals surface area contributed by atoms with Crippen molar-refractivity contribution in [2.45, 2.75) is 39.2 Å². The molecular weight excluding hydrogens is 314 g/mol. The number of guanidine groups is 1. The zero-order valence-electron chi connectivity index (χ0n) is 16.0. The summed E-state index contributed by atoms with van der Waals surface area (Å²) in [4.78, 5) is 4.32. The molecule has 0 amide bonds. The van der Waals surface area contributed by atoms with Gasteiger partial charge in [0.1, 0.15) is 17.3 Å². The first-order chi connectivity index (χ1) is 11.9. The average Bonchev–Trinajstić information content (AvgIpc) is 3.05. The Morgan fingerprint density at radius 1 is 1.28 bits per heavy atom. The second kappa shape index (κ2) is 8.10. The van der Waals surface area contributed by atoms with Crippen molar-refractivity contribution in [3.8, 4) is 5.75 Å². The summed E-state index contributed by atoms with van der Waals surface area (Å²) in [5.74, 6) is 3.42. The van der Waals surface area contributed by atoms with Gasteiger partial charge in [-0.15, -0.1) is 0 Å². The lowest BCUT2D eigenvalue weighted by Crippen LogP contribution is -2.44. The molecule has 0 saturated carbocycles. The highest BCUT2D eigenvalue weighted by Crippen LogP contribution is 2.25. The summed E-state index contributed by atoms with van der Waals surface area (Å²) in [7, 11) is 3.46. The largest absolute Gasteiger partial charge is 0.497 e. The van der Waals surface area contributed by atoms with Gasteiger partial charge in [0, 0.05) is 19.0 Å². The predicted molar refractivity (Wildman–Crippen MR) is 102 cm³/mol. The van der Waals surface area contributed by atoms with Gasteiger partial charge in [-0.25, -0.2) is 0 Å². The Balaban J connectivity index is 1.99. The molecule has 1 heterocycles. The number of nitrogens with zero attached hydrogens (tertiary/aromatic N) is 1. The zero-order valence-corrected chi connectivity index (χ0v) is 16.0. The average molecular weight is 343 g/mol. The fraction of sp³-hybridized carbons (Fsp3) is 0.450. The van der Waals surface area contributed by atoms with Crippen molar-refractivity contribution in [3.63, 3.8) is 0 Å². The normalized spacial score (nSPS) is 13.4. The number of aryl methyl sites for hydroxylation is 1. The number of methoxy groups -OCH3 is 1. The van der Waals surface area contributed by atoms with Crippen LogP contribution in [0.1, 0.15) is 43.9 Å². The molecule has 1 atom stereocenters. The molecule has 0 aliphatic carbocycles. The Morgan fingerprint density at radius 3 is 2.64 bits per heavy atom. The number of aliphatic imine (C=N–C) groups is 1. The van der Waals surface area contributed by atoms with E-state index in [-0.39, 0.29) is 11.5 Å². The number of nitrogens with one attached hydrogen (secondary N) is 2. The molecule has 2 aromatic rings. The van der Waals surface area contributed by atoms with Crippen molar-refractivity contribution in [1.82, 2.24) is 10.6 Å². The van der Waals surface area contributed by atoms with Crippen LogP contribution in [-0.2, 0) is 5.41 Å². The molecule has 25 heavy (non-hydrogen) atoms. The lowest BCUT2D eigenvalue weighted by atomic mass is 9.84. The van der Waals surface area contributed by atoms with E-state index in [9.17, 15) is 0 Å². The molecule has 5 nitrogen and oxygen atoms in total. The molecule has 5 heteroatoms. The van der Waals surface area contributed by atoms with Crippen LogP contribution in [0.4, 0.5) is 0 Å². The summed E-state index contributed by atoms with van der Waals surface area (Å²) in [6, 6.07) is 12.2. The maximum absolute atomic E-state index is 5.67. The van der Waals surface area contributed by atoms with Crippen molar-refractivity contribution >= 4 is 5.96 Å². The Bertz CT molecular complexity index is 719. The van der Waals surface area contributed by atoms with Crippen LogP contribution in [0, 0.1) is 6.92 Å². The van der Waals surface area contributed by atoms with Gasteiger partial charge in [0.15, 0.2) is 5.96 Å². The molecule has 1 aromatic heterocycles. The predicted octanol–water partition coefficient (Wildman–Crippen LogP) is 3.80. The number of benzene rings is 1.